The molecule has 0 fully saturated rings. The maximum Gasteiger partial charge on any atom is 0.270 e. The van der Waals surface area contributed by atoms with Crippen LogP contribution in [-0.2, 0) is 6.54 Å². The van der Waals surface area contributed by atoms with Crippen molar-refractivity contribution in [3.05, 3.63) is 63.5 Å². The van der Waals surface area contributed by atoms with E-state index in [2.05, 4.69) is 10.3 Å². The molecule has 6 nitrogen and oxygen atoms in total. The van der Waals surface area contributed by atoms with E-state index in [9.17, 15) is 10.1 Å². The van der Waals surface area contributed by atoms with Crippen molar-refractivity contribution in [3.8, 4) is 6.07 Å². The topological polar surface area (TPSA) is 91.9 Å². The summed E-state index contributed by atoms with van der Waals surface area (Å²) in [5.74, 6) is 0. The fourth-order valence-electron chi connectivity index (χ4n) is 1.78. The Balaban J connectivity index is 2.18. The van der Waals surface area contributed by atoms with Crippen molar-refractivity contribution in [3.63, 3.8) is 0 Å². The standard InChI is InChI=1S/C14H12N4O2/c1-10-3-2-4-12(17-10)9-16-14-6-5-13(18(19)20)7-11(14)8-15/h2-7,16H,9H2,1H3. The molecule has 1 N–H and O–H groups in total. The van der Waals surface area contributed by atoms with Crippen molar-refractivity contribution < 1.29 is 4.92 Å². The van der Waals surface area contributed by atoms with Crippen molar-refractivity contribution in [2.24, 2.45) is 0 Å². The minimum absolute atomic E-state index is 0.0965. The van der Waals surface area contributed by atoms with Crippen molar-refractivity contribution in [2.45, 2.75) is 13.5 Å². The van der Waals surface area contributed by atoms with E-state index in [1.54, 1.807) is 0 Å². The Kier molecular flexibility index (Phi) is 3.91. The molecule has 2 aromatic rings. The minimum atomic E-state index is -0.521. The summed E-state index contributed by atoms with van der Waals surface area (Å²) in [6, 6.07) is 11.8. The number of anilines is 1. The number of hydrogen-bond donors (Lipinski definition) is 1. The van der Waals surface area contributed by atoms with E-state index in [4.69, 9.17) is 5.26 Å². The number of nitriles is 1. The van der Waals surface area contributed by atoms with Crippen LogP contribution in [0.3, 0.4) is 0 Å². The van der Waals surface area contributed by atoms with Gasteiger partial charge < -0.3 is 5.32 Å². The SMILES string of the molecule is Cc1cccc(CNc2ccc([N+](=O)[O-])cc2C#N)n1. The summed E-state index contributed by atoms with van der Waals surface area (Å²) < 4.78 is 0. The summed E-state index contributed by atoms with van der Waals surface area (Å²) >= 11 is 0. The van der Waals surface area contributed by atoms with Gasteiger partial charge in [0.15, 0.2) is 0 Å². The van der Waals surface area contributed by atoms with Gasteiger partial charge in [-0.15, -0.1) is 0 Å². The Hall–Kier alpha value is -2.94. The average molecular weight is 268 g/mol. The van der Waals surface area contributed by atoms with Crippen LogP contribution in [-0.4, -0.2) is 9.91 Å². The number of nitrogens with one attached hydrogen (secondary N) is 1. The zero-order valence-corrected chi connectivity index (χ0v) is 10.8. The highest BCUT2D eigenvalue weighted by atomic mass is 16.6. The van der Waals surface area contributed by atoms with Crippen molar-refractivity contribution in [1.29, 1.82) is 5.26 Å². The van der Waals surface area contributed by atoms with Gasteiger partial charge >= 0.3 is 0 Å². The molecule has 6 heteroatoms. The van der Waals surface area contributed by atoms with E-state index in [1.807, 2.05) is 31.2 Å². The van der Waals surface area contributed by atoms with Gasteiger partial charge in [0, 0.05) is 17.8 Å². The molecule has 0 amide bonds. The van der Waals surface area contributed by atoms with Crippen molar-refractivity contribution >= 4 is 11.4 Å². The molecule has 100 valence electrons. The van der Waals surface area contributed by atoms with Crippen LogP contribution in [0.15, 0.2) is 36.4 Å². The normalized spacial score (nSPS) is 9.80. The molecule has 0 radical (unpaired) electrons. The van der Waals surface area contributed by atoms with Crippen LogP contribution in [0.2, 0.25) is 0 Å². The Morgan fingerprint density at radius 3 is 2.85 bits per heavy atom. The highest BCUT2D eigenvalue weighted by Crippen LogP contribution is 2.21. The first-order chi connectivity index (χ1) is 9.60. The van der Waals surface area contributed by atoms with E-state index < -0.39 is 4.92 Å². The monoisotopic (exact) mass is 268 g/mol. The molecule has 1 aromatic carbocycles. The number of aryl methyl sites for hydroxylation is 1. The first-order valence-corrected chi connectivity index (χ1v) is 5.95. The number of nitro benzene ring substituents is 1. The third kappa shape index (κ3) is 3.09. The molecular weight excluding hydrogens is 256 g/mol. The Morgan fingerprint density at radius 2 is 2.20 bits per heavy atom. The van der Waals surface area contributed by atoms with E-state index in [1.165, 1.54) is 18.2 Å². The molecule has 0 saturated carbocycles. The van der Waals surface area contributed by atoms with Gasteiger partial charge in [-0.25, -0.2) is 0 Å². The lowest BCUT2D eigenvalue weighted by molar-refractivity contribution is -0.384. The number of hydrogen-bond acceptors (Lipinski definition) is 5. The molecule has 0 atom stereocenters. The van der Waals surface area contributed by atoms with Crippen molar-refractivity contribution in [1.82, 2.24) is 4.98 Å². The number of nitrogens with zero attached hydrogens (tertiary/aromatic N) is 3. The average Bonchev–Trinajstić information content (AvgIpc) is 2.45. The molecule has 2 rings (SSSR count). The summed E-state index contributed by atoms with van der Waals surface area (Å²) in [7, 11) is 0. The smallest absolute Gasteiger partial charge is 0.270 e. The summed E-state index contributed by atoms with van der Waals surface area (Å²) in [6.07, 6.45) is 0. The molecule has 0 unspecified atom stereocenters. The predicted octanol–water partition coefficient (Wildman–Crippen LogP) is 2.78. The number of benzene rings is 1. The fraction of sp³-hybridized carbons (Fsp3) is 0.143. The summed E-state index contributed by atoms with van der Waals surface area (Å²) in [4.78, 5) is 14.5. The third-order valence-electron chi connectivity index (χ3n) is 2.74. The molecule has 0 saturated heterocycles. The molecule has 20 heavy (non-hydrogen) atoms. The van der Waals surface area contributed by atoms with Crippen LogP contribution >= 0.6 is 0 Å². The van der Waals surface area contributed by atoms with Gasteiger partial charge in [-0.2, -0.15) is 5.26 Å². The molecule has 0 aliphatic rings. The Morgan fingerprint density at radius 1 is 1.40 bits per heavy atom. The molecular formula is C14H12N4O2. The van der Waals surface area contributed by atoms with Crippen LogP contribution in [0, 0.1) is 28.4 Å². The van der Waals surface area contributed by atoms with Gasteiger partial charge in [-0.1, -0.05) is 6.07 Å². The highest BCUT2D eigenvalue weighted by Gasteiger charge is 2.10. The van der Waals surface area contributed by atoms with Gasteiger partial charge in [0.1, 0.15) is 6.07 Å². The zero-order valence-electron chi connectivity index (χ0n) is 10.8. The maximum atomic E-state index is 10.7. The number of rotatable bonds is 4. The first-order valence-electron chi connectivity index (χ1n) is 5.95. The number of non-ortho nitro benzene ring substituents is 1. The van der Waals surface area contributed by atoms with Crippen LogP contribution in [0.5, 0.6) is 0 Å². The highest BCUT2D eigenvalue weighted by molar-refractivity contribution is 5.61. The number of aromatic nitrogens is 1. The second kappa shape index (κ2) is 5.80. The van der Waals surface area contributed by atoms with Gasteiger partial charge in [-0.05, 0) is 25.1 Å². The van der Waals surface area contributed by atoms with Crippen LogP contribution in [0.25, 0.3) is 0 Å². The molecule has 0 spiro atoms. The summed E-state index contributed by atoms with van der Waals surface area (Å²) in [5.41, 5.74) is 2.45. The predicted molar refractivity (Wildman–Crippen MR) is 74.1 cm³/mol. The number of nitro groups is 1. The van der Waals surface area contributed by atoms with E-state index in [0.29, 0.717) is 12.2 Å². The lowest BCUT2D eigenvalue weighted by Gasteiger charge is -2.08. The van der Waals surface area contributed by atoms with Crippen LogP contribution in [0.4, 0.5) is 11.4 Å². The van der Waals surface area contributed by atoms with E-state index >= 15 is 0 Å². The van der Waals surface area contributed by atoms with Gasteiger partial charge in [0.25, 0.3) is 5.69 Å². The third-order valence-corrected chi connectivity index (χ3v) is 2.74. The first kappa shape index (κ1) is 13.5. The summed E-state index contributed by atoms with van der Waals surface area (Å²) in [6.45, 7) is 2.35. The second-order valence-electron chi connectivity index (χ2n) is 4.22. The van der Waals surface area contributed by atoms with E-state index in [0.717, 1.165) is 11.4 Å². The Bertz CT molecular complexity index is 692. The van der Waals surface area contributed by atoms with Gasteiger partial charge in [-0.3, -0.25) is 15.1 Å². The van der Waals surface area contributed by atoms with Crippen LogP contribution in [0.1, 0.15) is 17.0 Å². The van der Waals surface area contributed by atoms with E-state index in [-0.39, 0.29) is 11.3 Å². The zero-order chi connectivity index (χ0) is 14.5. The minimum Gasteiger partial charge on any atom is -0.378 e. The lowest BCUT2D eigenvalue weighted by atomic mass is 10.1. The number of pyridine rings is 1. The van der Waals surface area contributed by atoms with Gasteiger partial charge in [0.05, 0.1) is 28.4 Å². The lowest BCUT2D eigenvalue weighted by Crippen LogP contribution is -2.04. The molecule has 1 aromatic heterocycles. The molecule has 0 aliphatic heterocycles. The van der Waals surface area contributed by atoms with Gasteiger partial charge in [0.2, 0.25) is 0 Å². The second-order valence-corrected chi connectivity index (χ2v) is 4.22. The maximum absolute atomic E-state index is 10.7. The largest absolute Gasteiger partial charge is 0.378 e. The molecule has 0 bridgehead atoms. The summed E-state index contributed by atoms with van der Waals surface area (Å²) in [5, 5.41) is 22.8. The fourth-order valence-corrected chi connectivity index (χ4v) is 1.78. The molecule has 1 heterocycles. The quantitative estimate of drug-likeness (QED) is 0.680. The van der Waals surface area contributed by atoms with Crippen molar-refractivity contribution in [2.75, 3.05) is 5.32 Å². The Labute approximate surface area is 115 Å². The van der Waals surface area contributed by atoms with Crippen LogP contribution < -0.4 is 5.32 Å². The molecule has 0 aliphatic carbocycles.